The number of amides is 1. The van der Waals surface area contributed by atoms with Crippen LogP contribution >= 0.6 is 0 Å². The van der Waals surface area contributed by atoms with Gasteiger partial charge < -0.3 is 5.32 Å². The van der Waals surface area contributed by atoms with E-state index in [9.17, 15) is 13.2 Å². The predicted molar refractivity (Wildman–Crippen MR) is 68.5 cm³/mol. The van der Waals surface area contributed by atoms with Gasteiger partial charge in [0.1, 0.15) is 6.42 Å². The van der Waals surface area contributed by atoms with Gasteiger partial charge in [-0.1, -0.05) is 6.07 Å². The molecule has 0 saturated heterocycles. The van der Waals surface area contributed by atoms with Crippen LogP contribution in [0.5, 0.6) is 0 Å². The minimum absolute atomic E-state index is 0.247. The standard InChI is InChI=1S/C11H13N3O3S/c1-8-3-4-9(14-18(2,16)17)7-10(8)13-11(15)5-6-12/h3-4,7,14H,5H2,1-2H3,(H,13,15). The van der Waals surface area contributed by atoms with E-state index >= 15 is 0 Å². The van der Waals surface area contributed by atoms with Gasteiger partial charge in [-0.15, -0.1) is 0 Å². The lowest BCUT2D eigenvalue weighted by Gasteiger charge is -2.10. The first-order valence-electron chi connectivity index (χ1n) is 5.07. The summed E-state index contributed by atoms with van der Waals surface area (Å²) >= 11 is 0. The Balaban J connectivity index is 2.95. The third-order valence-electron chi connectivity index (χ3n) is 2.05. The molecular formula is C11H13N3O3S. The highest BCUT2D eigenvalue weighted by Crippen LogP contribution is 2.21. The van der Waals surface area contributed by atoms with Gasteiger partial charge in [0.05, 0.1) is 18.0 Å². The molecule has 1 aromatic rings. The second-order valence-electron chi connectivity index (χ2n) is 3.79. The first kappa shape index (κ1) is 14.0. The summed E-state index contributed by atoms with van der Waals surface area (Å²) in [6, 6.07) is 6.51. The highest BCUT2D eigenvalue weighted by molar-refractivity contribution is 7.92. The van der Waals surface area contributed by atoms with Gasteiger partial charge in [-0.25, -0.2) is 8.42 Å². The number of nitriles is 1. The van der Waals surface area contributed by atoms with Crippen molar-refractivity contribution in [3.63, 3.8) is 0 Å². The summed E-state index contributed by atoms with van der Waals surface area (Å²) in [6.07, 6.45) is 0.796. The molecule has 0 bridgehead atoms. The maximum absolute atomic E-state index is 11.3. The average molecular weight is 267 g/mol. The van der Waals surface area contributed by atoms with Crippen molar-refractivity contribution >= 4 is 27.3 Å². The maximum Gasteiger partial charge on any atom is 0.238 e. The minimum atomic E-state index is -3.36. The summed E-state index contributed by atoms with van der Waals surface area (Å²) in [5.74, 6) is -0.433. The predicted octanol–water partition coefficient (Wildman–Crippen LogP) is 1.22. The molecule has 0 aliphatic rings. The third kappa shape index (κ3) is 4.43. The zero-order chi connectivity index (χ0) is 13.8. The Labute approximate surface area is 106 Å². The zero-order valence-corrected chi connectivity index (χ0v) is 10.8. The van der Waals surface area contributed by atoms with Gasteiger partial charge in [-0.05, 0) is 24.6 Å². The number of carbonyl (C=O) groups excluding carboxylic acids is 1. The lowest BCUT2D eigenvalue weighted by molar-refractivity contribution is -0.115. The molecule has 0 atom stereocenters. The Morgan fingerprint density at radius 1 is 1.44 bits per heavy atom. The molecule has 0 fully saturated rings. The number of hydrogen-bond donors (Lipinski definition) is 2. The second kappa shape index (κ2) is 5.51. The van der Waals surface area contributed by atoms with Crippen molar-refractivity contribution in [2.45, 2.75) is 13.3 Å². The summed E-state index contributed by atoms with van der Waals surface area (Å²) in [6.45, 7) is 1.77. The Hall–Kier alpha value is -2.07. The van der Waals surface area contributed by atoms with Crippen LogP contribution in [0, 0.1) is 18.3 Å². The first-order valence-corrected chi connectivity index (χ1v) is 6.96. The van der Waals surface area contributed by atoms with E-state index in [1.54, 1.807) is 25.1 Å². The van der Waals surface area contributed by atoms with Crippen LogP contribution in [-0.2, 0) is 14.8 Å². The summed E-state index contributed by atoms with van der Waals surface area (Å²) in [5.41, 5.74) is 1.61. The van der Waals surface area contributed by atoms with Crippen molar-refractivity contribution in [2.75, 3.05) is 16.3 Å². The number of benzene rings is 1. The Morgan fingerprint density at radius 2 is 2.11 bits per heavy atom. The highest BCUT2D eigenvalue weighted by Gasteiger charge is 2.07. The smallest absolute Gasteiger partial charge is 0.238 e. The van der Waals surface area contributed by atoms with E-state index < -0.39 is 15.9 Å². The van der Waals surface area contributed by atoms with E-state index in [1.165, 1.54) is 6.07 Å². The average Bonchev–Trinajstić information content (AvgIpc) is 2.21. The topological polar surface area (TPSA) is 99.1 Å². The van der Waals surface area contributed by atoms with Crippen molar-refractivity contribution in [3.05, 3.63) is 23.8 Å². The molecule has 0 heterocycles. The normalized spacial score (nSPS) is 10.5. The van der Waals surface area contributed by atoms with E-state index in [4.69, 9.17) is 5.26 Å². The summed E-state index contributed by atoms with van der Waals surface area (Å²) < 4.78 is 24.5. The number of nitrogens with one attached hydrogen (secondary N) is 2. The van der Waals surface area contributed by atoms with Crippen LogP contribution in [0.2, 0.25) is 0 Å². The van der Waals surface area contributed by atoms with Crippen molar-refractivity contribution in [2.24, 2.45) is 0 Å². The molecule has 1 aromatic carbocycles. The number of aryl methyl sites for hydroxylation is 1. The maximum atomic E-state index is 11.3. The highest BCUT2D eigenvalue weighted by atomic mass is 32.2. The van der Waals surface area contributed by atoms with Crippen LogP contribution in [0.25, 0.3) is 0 Å². The van der Waals surface area contributed by atoms with E-state index in [0.717, 1.165) is 11.8 Å². The molecule has 0 aliphatic carbocycles. The molecule has 0 saturated carbocycles. The SMILES string of the molecule is Cc1ccc(NS(C)(=O)=O)cc1NC(=O)CC#N. The molecule has 96 valence electrons. The Kier molecular flexibility index (Phi) is 4.28. The number of sulfonamides is 1. The number of nitrogens with zero attached hydrogens (tertiary/aromatic N) is 1. The fourth-order valence-corrected chi connectivity index (χ4v) is 1.86. The monoisotopic (exact) mass is 267 g/mol. The van der Waals surface area contributed by atoms with Gasteiger partial charge in [0.15, 0.2) is 0 Å². The van der Waals surface area contributed by atoms with Crippen molar-refractivity contribution in [1.29, 1.82) is 5.26 Å². The van der Waals surface area contributed by atoms with Gasteiger partial charge in [0.2, 0.25) is 15.9 Å². The van der Waals surface area contributed by atoms with E-state index in [1.807, 2.05) is 0 Å². The molecular weight excluding hydrogens is 254 g/mol. The minimum Gasteiger partial charge on any atom is -0.325 e. The van der Waals surface area contributed by atoms with Gasteiger partial charge in [-0.3, -0.25) is 9.52 Å². The molecule has 0 aliphatic heterocycles. The molecule has 1 rings (SSSR count). The first-order chi connectivity index (χ1) is 8.31. The zero-order valence-electron chi connectivity index (χ0n) is 10.0. The Bertz CT molecular complexity index is 602. The number of carbonyl (C=O) groups is 1. The van der Waals surface area contributed by atoms with E-state index in [0.29, 0.717) is 11.4 Å². The molecule has 0 unspecified atom stereocenters. The number of rotatable bonds is 4. The number of hydrogen-bond acceptors (Lipinski definition) is 4. The van der Waals surface area contributed by atoms with Crippen molar-refractivity contribution < 1.29 is 13.2 Å². The molecule has 18 heavy (non-hydrogen) atoms. The summed E-state index contributed by atoms with van der Waals surface area (Å²) in [7, 11) is -3.36. The molecule has 2 N–H and O–H groups in total. The lowest BCUT2D eigenvalue weighted by atomic mass is 10.2. The van der Waals surface area contributed by atoms with Gasteiger partial charge in [-0.2, -0.15) is 5.26 Å². The molecule has 1 amide bonds. The molecule has 0 aromatic heterocycles. The quantitative estimate of drug-likeness (QED) is 0.856. The van der Waals surface area contributed by atoms with Crippen LogP contribution < -0.4 is 10.0 Å². The number of anilines is 2. The second-order valence-corrected chi connectivity index (χ2v) is 5.54. The van der Waals surface area contributed by atoms with Crippen LogP contribution in [0.4, 0.5) is 11.4 Å². The summed E-state index contributed by atoms with van der Waals surface area (Å²) in [4.78, 5) is 11.3. The van der Waals surface area contributed by atoms with Gasteiger partial charge in [0.25, 0.3) is 0 Å². The van der Waals surface area contributed by atoms with Gasteiger partial charge >= 0.3 is 0 Å². The third-order valence-corrected chi connectivity index (χ3v) is 2.66. The molecule has 0 radical (unpaired) electrons. The molecule has 7 heteroatoms. The van der Waals surface area contributed by atoms with Crippen LogP contribution in [-0.4, -0.2) is 20.6 Å². The largest absolute Gasteiger partial charge is 0.325 e. The van der Waals surface area contributed by atoms with Crippen molar-refractivity contribution in [3.8, 4) is 6.07 Å². The Morgan fingerprint density at radius 3 is 2.67 bits per heavy atom. The summed E-state index contributed by atoms with van der Waals surface area (Å²) in [5, 5.41) is 10.9. The van der Waals surface area contributed by atoms with Crippen molar-refractivity contribution in [1.82, 2.24) is 0 Å². The molecule has 0 spiro atoms. The van der Waals surface area contributed by atoms with E-state index in [2.05, 4.69) is 10.0 Å². The fraction of sp³-hybridized carbons (Fsp3) is 0.273. The van der Waals surface area contributed by atoms with Crippen LogP contribution in [0.3, 0.4) is 0 Å². The van der Waals surface area contributed by atoms with Crippen LogP contribution in [0.15, 0.2) is 18.2 Å². The lowest BCUT2D eigenvalue weighted by Crippen LogP contribution is -2.13. The van der Waals surface area contributed by atoms with Crippen LogP contribution in [0.1, 0.15) is 12.0 Å². The fourth-order valence-electron chi connectivity index (χ4n) is 1.30. The van der Waals surface area contributed by atoms with Gasteiger partial charge in [0, 0.05) is 5.69 Å². The van der Waals surface area contributed by atoms with E-state index in [-0.39, 0.29) is 6.42 Å². The molecule has 6 nitrogen and oxygen atoms in total.